The van der Waals surface area contributed by atoms with Crippen molar-refractivity contribution in [1.29, 1.82) is 0 Å². The van der Waals surface area contributed by atoms with E-state index in [1.807, 2.05) is 0 Å². The topological polar surface area (TPSA) is 131 Å². The molecule has 0 unspecified atom stereocenters. The third-order valence-electron chi connectivity index (χ3n) is 3.54. The molecule has 1 amide bonds. The van der Waals surface area contributed by atoms with Crippen LogP contribution in [0.4, 0.5) is 11.4 Å². The van der Waals surface area contributed by atoms with Crippen molar-refractivity contribution in [2.75, 3.05) is 11.1 Å². The average molecular weight is 386 g/mol. The number of thioether (sulfide) groups is 1. The second kappa shape index (κ2) is 7.87. The second-order valence-corrected chi connectivity index (χ2v) is 6.44. The molecule has 0 aliphatic heterocycles. The summed E-state index contributed by atoms with van der Waals surface area (Å²) in [5.74, 6) is 0.163. The van der Waals surface area contributed by atoms with Crippen molar-refractivity contribution >= 4 is 29.0 Å². The van der Waals surface area contributed by atoms with E-state index < -0.39 is 4.92 Å². The van der Waals surface area contributed by atoms with Crippen LogP contribution in [-0.4, -0.2) is 31.9 Å². The molecule has 0 fully saturated rings. The van der Waals surface area contributed by atoms with E-state index in [2.05, 4.69) is 15.5 Å². The fourth-order valence-electron chi connectivity index (χ4n) is 2.17. The largest absolute Gasteiger partial charge is 0.508 e. The molecule has 3 rings (SSSR count). The predicted molar refractivity (Wildman–Crippen MR) is 98.6 cm³/mol. The van der Waals surface area contributed by atoms with Gasteiger partial charge in [-0.3, -0.25) is 14.9 Å². The van der Waals surface area contributed by atoms with Gasteiger partial charge < -0.3 is 14.8 Å². The minimum Gasteiger partial charge on any atom is -0.508 e. The summed E-state index contributed by atoms with van der Waals surface area (Å²) in [6.07, 6.45) is 0. The number of nitro groups is 1. The number of aromatic nitrogens is 2. The highest BCUT2D eigenvalue weighted by Crippen LogP contribution is 2.25. The lowest BCUT2D eigenvalue weighted by atomic mass is 10.2. The van der Waals surface area contributed by atoms with Crippen LogP contribution < -0.4 is 5.32 Å². The minimum absolute atomic E-state index is 0.0333. The lowest BCUT2D eigenvalue weighted by Crippen LogP contribution is -2.14. The number of amides is 1. The first-order valence-corrected chi connectivity index (χ1v) is 8.71. The number of non-ortho nitro benzene ring substituents is 1. The molecule has 0 atom stereocenters. The smallest absolute Gasteiger partial charge is 0.277 e. The zero-order chi connectivity index (χ0) is 19.4. The Morgan fingerprint density at radius 2 is 2.00 bits per heavy atom. The first-order chi connectivity index (χ1) is 12.9. The first kappa shape index (κ1) is 18.4. The van der Waals surface area contributed by atoms with Gasteiger partial charge in [0.05, 0.1) is 10.7 Å². The summed E-state index contributed by atoms with van der Waals surface area (Å²) in [6.45, 7) is 1.73. The third-order valence-corrected chi connectivity index (χ3v) is 4.36. The van der Waals surface area contributed by atoms with Gasteiger partial charge in [0, 0.05) is 23.4 Å². The number of aromatic hydroxyl groups is 1. The summed E-state index contributed by atoms with van der Waals surface area (Å²) in [6, 6.07) is 10.5. The Hall–Kier alpha value is -3.40. The van der Waals surface area contributed by atoms with Gasteiger partial charge in [0.25, 0.3) is 10.9 Å². The van der Waals surface area contributed by atoms with Crippen LogP contribution in [-0.2, 0) is 4.79 Å². The standard InChI is InChI=1S/C17H14N4O5S/c1-10-8-12(4-7-14(10)22)18-15(23)9-27-17-20-19-16(26-17)11-2-5-13(6-3-11)21(24)25/h2-8,22H,9H2,1H3,(H,18,23). The predicted octanol–water partition coefficient (Wildman–Crippen LogP) is 3.39. The Morgan fingerprint density at radius 3 is 2.67 bits per heavy atom. The van der Waals surface area contributed by atoms with Gasteiger partial charge in [-0.05, 0) is 42.8 Å². The number of hydrogen-bond donors (Lipinski definition) is 2. The lowest BCUT2D eigenvalue weighted by molar-refractivity contribution is -0.384. The van der Waals surface area contributed by atoms with Crippen LogP contribution in [0.1, 0.15) is 5.56 Å². The number of aryl methyl sites for hydroxylation is 1. The van der Waals surface area contributed by atoms with E-state index in [4.69, 9.17) is 4.42 Å². The minimum atomic E-state index is -0.493. The number of nitro benzene ring substituents is 1. The van der Waals surface area contributed by atoms with E-state index in [0.717, 1.165) is 11.8 Å². The Labute approximate surface area is 157 Å². The molecule has 10 heteroatoms. The number of carbonyl (C=O) groups is 1. The molecule has 1 heterocycles. The van der Waals surface area contributed by atoms with Crippen molar-refractivity contribution in [2.45, 2.75) is 12.1 Å². The van der Waals surface area contributed by atoms with Crippen LogP contribution >= 0.6 is 11.8 Å². The second-order valence-electron chi connectivity index (χ2n) is 5.52. The van der Waals surface area contributed by atoms with Crippen molar-refractivity contribution in [3.8, 4) is 17.2 Å². The molecule has 9 nitrogen and oxygen atoms in total. The van der Waals surface area contributed by atoms with Gasteiger partial charge in [-0.25, -0.2) is 0 Å². The molecular formula is C17H14N4O5S. The summed E-state index contributed by atoms with van der Waals surface area (Å²) in [5, 5.41) is 30.8. The highest BCUT2D eigenvalue weighted by molar-refractivity contribution is 7.99. The summed E-state index contributed by atoms with van der Waals surface area (Å²) in [7, 11) is 0. The summed E-state index contributed by atoms with van der Waals surface area (Å²) >= 11 is 1.07. The van der Waals surface area contributed by atoms with E-state index in [-0.39, 0.29) is 34.2 Å². The van der Waals surface area contributed by atoms with Gasteiger partial charge in [0.15, 0.2) is 0 Å². The van der Waals surface area contributed by atoms with Crippen molar-refractivity contribution in [3.05, 3.63) is 58.1 Å². The fourth-order valence-corrected chi connectivity index (χ4v) is 2.73. The van der Waals surface area contributed by atoms with E-state index in [9.17, 15) is 20.0 Å². The molecular weight excluding hydrogens is 372 g/mol. The maximum Gasteiger partial charge on any atom is 0.277 e. The molecule has 0 saturated heterocycles. The van der Waals surface area contributed by atoms with Gasteiger partial charge in [-0.2, -0.15) is 0 Å². The van der Waals surface area contributed by atoms with Crippen molar-refractivity contribution in [1.82, 2.24) is 10.2 Å². The molecule has 2 aromatic carbocycles. The maximum absolute atomic E-state index is 12.0. The highest BCUT2D eigenvalue weighted by Gasteiger charge is 2.13. The Bertz CT molecular complexity index is 987. The van der Waals surface area contributed by atoms with Crippen LogP contribution in [0.25, 0.3) is 11.5 Å². The average Bonchev–Trinajstić information content (AvgIpc) is 3.12. The van der Waals surface area contributed by atoms with E-state index in [0.29, 0.717) is 16.8 Å². The van der Waals surface area contributed by atoms with Crippen LogP contribution in [0.15, 0.2) is 52.1 Å². The number of hydrogen-bond acceptors (Lipinski definition) is 8. The molecule has 3 aromatic rings. The first-order valence-electron chi connectivity index (χ1n) is 7.73. The monoisotopic (exact) mass is 386 g/mol. The molecule has 2 N–H and O–H groups in total. The van der Waals surface area contributed by atoms with E-state index in [1.54, 1.807) is 19.1 Å². The highest BCUT2D eigenvalue weighted by atomic mass is 32.2. The van der Waals surface area contributed by atoms with Crippen molar-refractivity contribution in [3.63, 3.8) is 0 Å². The number of anilines is 1. The Balaban J connectivity index is 1.58. The molecule has 0 bridgehead atoms. The summed E-state index contributed by atoms with van der Waals surface area (Å²) in [5.41, 5.74) is 1.75. The fraction of sp³-hybridized carbons (Fsp3) is 0.118. The number of nitrogens with zero attached hydrogens (tertiary/aromatic N) is 3. The number of phenolic OH excluding ortho intramolecular Hbond substituents is 1. The summed E-state index contributed by atoms with van der Waals surface area (Å²) in [4.78, 5) is 22.2. The number of rotatable bonds is 6. The van der Waals surface area contributed by atoms with Gasteiger partial charge in [0.2, 0.25) is 11.8 Å². The zero-order valence-corrected chi connectivity index (χ0v) is 14.9. The van der Waals surface area contributed by atoms with Crippen LogP contribution in [0.3, 0.4) is 0 Å². The Morgan fingerprint density at radius 1 is 1.26 bits per heavy atom. The molecule has 1 aromatic heterocycles. The number of phenols is 1. The normalized spacial score (nSPS) is 10.6. The molecule has 0 saturated carbocycles. The number of carbonyl (C=O) groups excluding carboxylic acids is 1. The molecule has 0 aliphatic rings. The molecule has 0 spiro atoms. The quantitative estimate of drug-likeness (QED) is 0.285. The van der Waals surface area contributed by atoms with Crippen LogP contribution in [0.5, 0.6) is 5.75 Å². The van der Waals surface area contributed by atoms with E-state index >= 15 is 0 Å². The number of benzene rings is 2. The Kier molecular flexibility index (Phi) is 5.36. The van der Waals surface area contributed by atoms with Crippen LogP contribution in [0, 0.1) is 17.0 Å². The van der Waals surface area contributed by atoms with Crippen molar-refractivity contribution < 1.29 is 19.2 Å². The van der Waals surface area contributed by atoms with Gasteiger partial charge >= 0.3 is 0 Å². The number of nitrogens with one attached hydrogen (secondary N) is 1. The SMILES string of the molecule is Cc1cc(NC(=O)CSc2nnc(-c3ccc([N+](=O)[O-])cc3)o2)ccc1O. The van der Waals surface area contributed by atoms with Crippen LogP contribution in [0.2, 0.25) is 0 Å². The van der Waals surface area contributed by atoms with Gasteiger partial charge in [0.1, 0.15) is 5.75 Å². The van der Waals surface area contributed by atoms with Gasteiger partial charge in [-0.15, -0.1) is 10.2 Å². The maximum atomic E-state index is 12.0. The van der Waals surface area contributed by atoms with Gasteiger partial charge in [-0.1, -0.05) is 11.8 Å². The third kappa shape index (κ3) is 4.61. The molecule has 138 valence electrons. The molecule has 0 radical (unpaired) electrons. The molecule has 0 aliphatic carbocycles. The zero-order valence-electron chi connectivity index (χ0n) is 14.1. The summed E-state index contributed by atoms with van der Waals surface area (Å²) < 4.78 is 5.46. The lowest BCUT2D eigenvalue weighted by Gasteiger charge is -2.06. The van der Waals surface area contributed by atoms with Crippen molar-refractivity contribution in [2.24, 2.45) is 0 Å². The van der Waals surface area contributed by atoms with E-state index in [1.165, 1.54) is 30.3 Å². The molecule has 27 heavy (non-hydrogen) atoms.